The Morgan fingerprint density at radius 2 is 2.47 bits per heavy atom. The third-order valence-corrected chi connectivity index (χ3v) is 4.06. The van der Waals surface area contributed by atoms with E-state index in [9.17, 15) is 9.90 Å². The number of carbonyl (C=O) groups excluding carboxylic acids is 1. The molecule has 0 radical (unpaired) electrons. The lowest BCUT2D eigenvalue weighted by Crippen LogP contribution is -2.36. The summed E-state index contributed by atoms with van der Waals surface area (Å²) >= 11 is 7.35. The number of β-amino-alcohol motifs (C(OH)–C–C–N with tert-alkyl or cyclic N) is 1. The average molecular weight is 276 g/mol. The number of hydrogen-bond acceptors (Lipinski definition) is 5. The van der Waals surface area contributed by atoms with Crippen molar-refractivity contribution in [3.05, 3.63) is 21.3 Å². The minimum absolute atomic E-state index is 0.288. The van der Waals surface area contributed by atoms with Crippen molar-refractivity contribution >= 4 is 28.9 Å². The van der Waals surface area contributed by atoms with Gasteiger partial charge in [-0.1, -0.05) is 11.6 Å². The summed E-state index contributed by atoms with van der Waals surface area (Å²) in [6, 6.07) is 3.42. The number of rotatable bonds is 3. The van der Waals surface area contributed by atoms with E-state index in [0.717, 1.165) is 9.21 Å². The van der Waals surface area contributed by atoms with Crippen LogP contribution in [0.5, 0.6) is 0 Å². The molecule has 17 heavy (non-hydrogen) atoms. The SMILES string of the molecule is COC(=O)[C@@H]1C[C@H](O)CN1Cc1ccc(Cl)s1. The predicted molar refractivity (Wildman–Crippen MR) is 66.2 cm³/mol. The highest BCUT2D eigenvalue weighted by molar-refractivity contribution is 7.16. The minimum atomic E-state index is -0.463. The van der Waals surface area contributed by atoms with Gasteiger partial charge in [0.15, 0.2) is 0 Å². The van der Waals surface area contributed by atoms with Gasteiger partial charge in [-0.2, -0.15) is 0 Å². The van der Waals surface area contributed by atoms with E-state index in [0.29, 0.717) is 19.5 Å². The first kappa shape index (κ1) is 12.8. The first-order chi connectivity index (χ1) is 8.10. The Balaban J connectivity index is 2.05. The molecule has 94 valence electrons. The Bertz CT molecular complexity index is 409. The molecule has 4 nitrogen and oxygen atoms in total. The number of aliphatic hydroxyl groups excluding tert-OH is 1. The molecule has 1 aromatic rings. The lowest BCUT2D eigenvalue weighted by atomic mass is 10.2. The first-order valence-corrected chi connectivity index (χ1v) is 6.53. The van der Waals surface area contributed by atoms with Gasteiger partial charge in [-0.3, -0.25) is 9.69 Å². The molecule has 0 aromatic carbocycles. The molecule has 0 unspecified atom stereocenters. The van der Waals surface area contributed by atoms with Gasteiger partial charge in [0.05, 0.1) is 17.6 Å². The number of carbonyl (C=O) groups is 1. The van der Waals surface area contributed by atoms with Crippen molar-refractivity contribution in [2.75, 3.05) is 13.7 Å². The van der Waals surface area contributed by atoms with Gasteiger partial charge >= 0.3 is 5.97 Å². The Morgan fingerprint density at radius 1 is 1.71 bits per heavy atom. The molecule has 2 rings (SSSR count). The van der Waals surface area contributed by atoms with Crippen molar-refractivity contribution in [3.8, 4) is 0 Å². The standard InChI is InChI=1S/C11H14ClNO3S/c1-16-11(15)9-4-7(14)5-13(9)6-8-2-3-10(12)17-8/h2-3,7,9,14H,4-6H2,1H3/t7-,9-/m0/s1. The van der Waals surface area contributed by atoms with Crippen LogP contribution >= 0.6 is 22.9 Å². The fourth-order valence-corrected chi connectivity index (χ4v) is 3.19. The van der Waals surface area contributed by atoms with Gasteiger partial charge in [0.2, 0.25) is 0 Å². The molecule has 1 saturated heterocycles. The van der Waals surface area contributed by atoms with Crippen LogP contribution < -0.4 is 0 Å². The van der Waals surface area contributed by atoms with Gasteiger partial charge in [0.25, 0.3) is 0 Å². The van der Waals surface area contributed by atoms with Crippen LogP contribution in [0.4, 0.5) is 0 Å². The summed E-state index contributed by atoms with van der Waals surface area (Å²) in [5, 5.41) is 9.63. The second kappa shape index (κ2) is 5.35. The van der Waals surface area contributed by atoms with Crippen LogP contribution in [0.1, 0.15) is 11.3 Å². The summed E-state index contributed by atoms with van der Waals surface area (Å²) in [5.74, 6) is -0.288. The molecule has 1 aromatic heterocycles. The smallest absolute Gasteiger partial charge is 0.323 e. The zero-order valence-corrected chi connectivity index (χ0v) is 11.0. The molecule has 1 aliphatic heterocycles. The number of aliphatic hydroxyl groups is 1. The summed E-state index contributed by atoms with van der Waals surface area (Å²) in [5.41, 5.74) is 0. The molecule has 0 amide bonds. The maximum absolute atomic E-state index is 11.6. The van der Waals surface area contributed by atoms with Gasteiger partial charge in [-0.25, -0.2) is 0 Å². The molecule has 1 fully saturated rings. The van der Waals surface area contributed by atoms with Gasteiger partial charge in [0, 0.05) is 24.4 Å². The van der Waals surface area contributed by atoms with Crippen LogP contribution in [0.2, 0.25) is 4.34 Å². The second-order valence-corrected chi connectivity index (χ2v) is 5.86. The molecule has 0 saturated carbocycles. The van der Waals surface area contributed by atoms with Crippen molar-refractivity contribution in [1.29, 1.82) is 0 Å². The first-order valence-electron chi connectivity index (χ1n) is 5.34. The van der Waals surface area contributed by atoms with Gasteiger partial charge < -0.3 is 9.84 Å². The van der Waals surface area contributed by atoms with E-state index in [1.165, 1.54) is 18.4 Å². The van der Waals surface area contributed by atoms with Crippen molar-refractivity contribution in [2.24, 2.45) is 0 Å². The normalized spacial score (nSPS) is 25.1. The fourth-order valence-electron chi connectivity index (χ4n) is 2.07. The zero-order valence-electron chi connectivity index (χ0n) is 9.43. The largest absolute Gasteiger partial charge is 0.468 e. The average Bonchev–Trinajstić information content (AvgIpc) is 2.85. The Morgan fingerprint density at radius 3 is 3.06 bits per heavy atom. The van der Waals surface area contributed by atoms with E-state index < -0.39 is 6.10 Å². The monoisotopic (exact) mass is 275 g/mol. The Kier molecular flexibility index (Phi) is 4.04. The number of methoxy groups -OCH3 is 1. The zero-order chi connectivity index (χ0) is 12.4. The van der Waals surface area contributed by atoms with Gasteiger partial charge in [-0.15, -0.1) is 11.3 Å². The molecular weight excluding hydrogens is 262 g/mol. The van der Waals surface area contributed by atoms with Crippen molar-refractivity contribution < 1.29 is 14.6 Å². The maximum Gasteiger partial charge on any atom is 0.323 e. The minimum Gasteiger partial charge on any atom is -0.468 e. The summed E-state index contributed by atoms with van der Waals surface area (Å²) in [7, 11) is 1.37. The Labute approximate surface area is 109 Å². The predicted octanol–water partition coefficient (Wildman–Crippen LogP) is 1.51. The maximum atomic E-state index is 11.6. The molecule has 1 aliphatic rings. The molecule has 2 atom stereocenters. The number of esters is 1. The summed E-state index contributed by atoms with van der Waals surface area (Å²) in [4.78, 5) is 14.6. The second-order valence-electron chi connectivity index (χ2n) is 4.06. The van der Waals surface area contributed by atoms with Crippen LogP contribution in [-0.2, 0) is 16.1 Å². The number of thiophene rings is 1. The van der Waals surface area contributed by atoms with Crippen LogP contribution in [0, 0.1) is 0 Å². The van der Waals surface area contributed by atoms with Crippen molar-refractivity contribution in [3.63, 3.8) is 0 Å². The van der Waals surface area contributed by atoms with Gasteiger partial charge in [-0.05, 0) is 12.1 Å². The Hall–Kier alpha value is -0.620. The number of nitrogens with zero attached hydrogens (tertiary/aromatic N) is 1. The molecule has 1 N–H and O–H groups in total. The summed E-state index contributed by atoms with van der Waals surface area (Å²) in [6.07, 6.45) is -0.0271. The van der Waals surface area contributed by atoms with E-state index in [1.807, 2.05) is 17.0 Å². The van der Waals surface area contributed by atoms with Crippen molar-refractivity contribution in [1.82, 2.24) is 4.90 Å². The highest BCUT2D eigenvalue weighted by Crippen LogP contribution is 2.26. The topological polar surface area (TPSA) is 49.8 Å². The number of ether oxygens (including phenoxy) is 1. The summed E-state index contributed by atoms with van der Waals surface area (Å²) < 4.78 is 5.47. The van der Waals surface area contributed by atoms with Crippen LogP contribution in [-0.4, -0.2) is 41.8 Å². The van der Waals surface area contributed by atoms with E-state index in [4.69, 9.17) is 16.3 Å². The summed E-state index contributed by atoms with van der Waals surface area (Å²) in [6.45, 7) is 1.11. The third-order valence-electron chi connectivity index (χ3n) is 2.84. The molecule has 2 heterocycles. The highest BCUT2D eigenvalue weighted by atomic mass is 35.5. The molecule has 0 bridgehead atoms. The molecule has 0 spiro atoms. The van der Waals surface area contributed by atoms with E-state index >= 15 is 0 Å². The number of halogens is 1. The van der Waals surface area contributed by atoms with Crippen LogP contribution in [0.3, 0.4) is 0 Å². The van der Waals surface area contributed by atoms with E-state index in [1.54, 1.807) is 0 Å². The van der Waals surface area contributed by atoms with Crippen molar-refractivity contribution in [2.45, 2.75) is 25.1 Å². The molecule has 6 heteroatoms. The number of hydrogen-bond donors (Lipinski definition) is 1. The highest BCUT2D eigenvalue weighted by Gasteiger charge is 2.36. The van der Waals surface area contributed by atoms with Gasteiger partial charge in [0.1, 0.15) is 6.04 Å². The fraction of sp³-hybridized carbons (Fsp3) is 0.545. The third kappa shape index (κ3) is 2.98. The quantitative estimate of drug-likeness (QED) is 0.850. The van der Waals surface area contributed by atoms with E-state index in [-0.39, 0.29) is 12.0 Å². The molecule has 0 aliphatic carbocycles. The van der Waals surface area contributed by atoms with Crippen LogP contribution in [0.15, 0.2) is 12.1 Å². The lowest BCUT2D eigenvalue weighted by molar-refractivity contribution is -0.146. The van der Waals surface area contributed by atoms with Crippen LogP contribution in [0.25, 0.3) is 0 Å². The lowest BCUT2D eigenvalue weighted by Gasteiger charge is -2.20. The molecular formula is C11H14ClNO3S. The number of likely N-dealkylation sites (tertiary alicyclic amines) is 1. The van der Waals surface area contributed by atoms with E-state index in [2.05, 4.69) is 0 Å².